The first-order valence-corrected chi connectivity index (χ1v) is 6.30. The van der Waals surface area contributed by atoms with Crippen LogP contribution in [0.15, 0.2) is 0 Å². The molecule has 2 N–H and O–H groups in total. The van der Waals surface area contributed by atoms with Gasteiger partial charge in [-0.25, -0.2) is 0 Å². The molecule has 6 rings (SSSR count). The van der Waals surface area contributed by atoms with E-state index in [9.17, 15) is 0 Å². The van der Waals surface area contributed by atoms with Crippen LogP contribution in [0, 0.1) is 23.2 Å². The fourth-order valence-corrected chi connectivity index (χ4v) is 4.67. The van der Waals surface area contributed by atoms with Crippen molar-refractivity contribution < 1.29 is 0 Å². The molecule has 0 spiro atoms. The van der Waals surface area contributed by atoms with Crippen molar-refractivity contribution >= 4 is 0 Å². The maximum absolute atomic E-state index is 3.83. The third-order valence-corrected chi connectivity index (χ3v) is 5.33. The lowest BCUT2D eigenvalue weighted by Gasteiger charge is -2.63. The van der Waals surface area contributed by atoms with E-state index in [1.54, 1.807) is 0 Å². The number of hydrogen-bond acceptors (Lipinski definition) is 2. The van der Waals surface area contributed by atoms with Gasteiger partial charge in [0.05, 0.1) is 0 Å². The van der Waals surface area contributed by atoms with Gasteiger partial charge in [0.25, 0.3) is 0 Å². The van der Waals surface area contributed by atoms with Crippen LogP contribution in [0.3, 0.4) is 0 Å². The van der Waals surface area contributed by atoms with Gasteiger partial charge in [0.15, 0.2) is 0 Å². The normalized spacial score (nSPS) is 60.0. The first-order valence-electron chi connectivity index (χ1n) is 6.30. The largest absolute Gasteiger partial charge is 0.316 e. The van der Waals surface area contributed by atoms with Crippen LogP contribution >= 0.6 is 0 Å². The Morgan fingerprint density at radius 1 is 1.00 bits per heavy atom. The van der Waals surface area contributed by atoms with Crippen molar-refractivity contribution in [3.05, 3.63) is 0 Å². The van der Waals surface area contributed by atoms with Gasteiger partial charge in [-0.3, -0.25) is 0 Å². The fraction of sp³-hybridized carbons (Fsp3) is 1.00. The van der Waals surface area contributed by atoms with Crippen molar-refractivity contribution in [3.8, 4) is 0 Å². The molecule has 2 heteroatoms. The average Bonchev–Trinajstić information content (AvgIpc) is 2.16. The number of hydrogen-bond donors (Lipinski definition) is 2. The van der Waals surface area contributed by atoms with E-state index in [1.165, 1.54) is 45.3 Å². The van der Waals surface area contributed by atoms with Gasteiger partial charge in [-0.2, -0.15) is 0 Å². The van der Waals surface area contributed by atoms with E-state index in [2.05, 4.69) is 10.6 Å². The second kappa shape index (κ2) is 2.53. The zero-order valence-electron chi connectivity index (χ0n) is 8.76. The quantitative estimate of drug-likeness (QED) is 0.647. The van der Waals surface area contributed by atoms with Gasteiger partial charge in [0.1, 0.15) is 0 Å². The van der Waals surface area contributed by atoms with Crippen molar-refractivity contribution in [1.82, 2.24) is 10.6 Å². The molecule has 2 aliphatic carbocycles. The van der Waals surface area contributed by atoms with E-state index < -0.39 is 0 Å². The molecular formula is C12H20N2. The third kappa shape index (κ3) is 0.892. The summed E-state index contributed by atoms with van der Waals surface area (Å²) in [5.41, 5.74) is 0.680. The summed E-state index contributed by atoms with van der Waals surface area (Å²) in [6, 6.07) is 0.872. The highest BCUT2D eigenvalue weighted by Gasteiger charge is 2.57. The summed E-state index contributed by atoms with van der Waals surface area (Å²) in [6.45, 7) is 3.90. The maximum atomic E-state index is 3.83. The van der Waals surface area contributed by atoms with E-state index in [1.807, 2.05) is 0 Å². The summed E-state index contributed by atoms with van der Waals surface area (Å²) in [6.07, 6.45) is 6.09. The van der Waals surface area contributed by atoms with Crippen LogP contribution in [0.1, 0.15) is 25.7 Å². The predicted molar refractivity (Wildman–Crippen MR) is 56.0 cm³/mol. The molecule has 1 atom stereocenters. The molecule has 78 valence electrons. The second-order valence-electron chi connectivity index (χ2n) is 6.25. The molecule has 14 heavy (non-hydrogen) atoms. The molecule has 0 amide bonds. The van der Waals surface area contributed by atoms with Crippen LogP contribution < -0.4 is 10.6 Å². The summed E-state index contributed by atoms with van der Waals surface area (Å²) in [7, 11) is 0. The molecule has 4 saturated heterocycles. The lowest BCUT2D eigenvalue weighted by atomic mass is 9.50. The summed E-state index contributed by atoms with van der Waals surface area (Å²) < 4.78 is 0. The molecule has 4 heterocycles. The minimum atomic E-state index is 0.680. The van der Waals surface area contributed by atoms with Gasteiger partial charge < -0.3 is 10.6 Å². The number of rotatable bonds is 1. The highest BCUT2D eigenvalue weighted by Crippen LogP contribution is 2.56. The van der Waals surface area contributed by atoms with Gasteiger partial charge in [-0.15, -0.1) is 0 Å². The van der Waals surface area contributed by atoms with Crippen LogP contribution in [-0.2, 0) is 0 Å². The smallest absolute Gasteiger partial charge is 0.0164 e. The minimum absolute atomic E-state index is 0.680. The SMILES string of the molecule is C1NCC2(C3NCC4CC3C4)CC1C2. The summed E-state index contributed by atoms with van der Waals surface area (Å²) in [5.74, 6) is 3.10. The minimum Gasteiger partial charge on any atom is -0.316 e. The Morgan fingerprint density at radius 3 is 2.43 bits per heavy atom. The zero-order valence-corrected chi connectivity index (χ0v) is 8.76. The number of nitrogens with one attached hydrogen (secondary N) is 2. The predicted octanol–water partition coefficient (Wildman–Crippen LogP) is 0.984. The molecule has 6 aliphatic rings. The van der Waals surface area contributed by atoms with Gasteiger partial charge in [-0.05, 0) is 61.9 Å². The fourth-order valence-electron chi connectivity index (χ4n) is 4.67. The summed E-state index contributed by atoms with van der Waals surface area (Å²) in [4.78, 5) is 0. The molecule has 1 unspecified atom stereocenters. The molecule has 0 aromatic rings. The zero-order chi connectivity index (χ0) is 9.17. The molecule has 0 radical (unpaired) electrons. The van der Waals surface area contributed by atoms with Gasteiger partial charge in [-0.1, -0.05) is 0 Å². The average molecular weight is 192 g/mol. The van der Waals surface area contributed by atoms with Crippen LogP contribution in [0.4, 0.5) is 0 Å². The maximum Gasteiger partial charge on any atom is 0.0164 e. The summed E-state index contributed by atoms with van der Waals surface area (Å²) in [5, 5.41) is 7.45. The van der Waals surface area contributed by atoms with Crippen molar-refractivity contribution in [3.63, 3.8) is 0 Å². The number of fused-ring (bicyclic) bond motifs is 4. The van der Waals surface area contributed by atoms with E-state index in [0.717, 1.165) is 23.8 Å². The first kappa shape index (κ1) is 8.12. The van der Waals surface area contributed by atoms with E-state index in [4.69, 9.17) is 0 Å². The first-order chi connectivity index (χ1) is 6.86. The van der Waals surface area contributed by atoms with E-state index in [-0.39, 0.29) is 0 Å². The number of piperidine rings is 4. The van der Waals surface area contributed by atoms with Gasteiger partial charge >= 0.3 is 0 Å². The van der Waals surface area contributed by atoms with Gasteiger partial charge in [0, 0.05) is 12.6 Å². The Balaban J connectivity index is 1.56. The topological polar surface area (TPSA) is 24.1 Å². The van der Waals surface area contributed by atoms with Crippen molar-refractivity contribution in [2.75, 3.05) is 19.6 Å². The highest BCUT2D eigenvalue weighted by atomic mass is 15.0. The second-order valence-corrected chi connectivity index (χ2v) is 6.25. The van der Waals surface area contributed by atoms with Crippen molar-refractivity contribution in [2.24, 2.45) is 23.2 Å². The molecule has 6 fully saturated rings. The van der Waals surface area contributed by atoms with Crippen LogP contribution in [0.5, 0.6) is 0 Å². The lowest BCUT2D eigenvalue weighted by Crippen LogP contribution is -2.69. The Morgan fingerprint density at radius 2 is 1.86 bits per heavy atom. The molecule has 0 aromatic heterocycles. The van der Waals surface area contributed by atoms with E-state index in [0.29, 0.717) is 5.41 Å². The summed E-state index contributed by atoms with van der Waals surface area (Å²) >= 11 is 0. The molecule has 4 aliphatic heterocycles. The Bertz CT molecular complexity index is 243. The van der Waals surface area contributed by atoms with E-state index >= 15 is 0 Å². The van der Waals surface area contributed by atoms with Gasteiger partial charge in [0.2, 0.25) is 0 Å². The lowest BCUT2D eigenvalue weighted by molar-refractivity contribution is -0.0833. The third-order valence-electron chi connectivity index (χ3n) is 5.33. The van der Waals surface area contributed by atoms with Crippen molar-refractivity contribution in [2.45, 2.75) is 31.7 Å². The highest BCUT2D eigenvalue weighted by molar-refractivity contribution is 5.11. The monoisotopic (exact) mass is 192 g/mol. The van der Waals surface area contributed by atoms with Crippen LogP contribution in [0.2, 0.25) is 0 Å². The molecular weight excluding hydrogens is 172 g/mol. The Hall–Kier alpha value is -0.0800. The van der Waals surface area contributed by atoms with Crippen LogP contribution in [-0.4, -0.2) is 25.7 Å². The Kier molecular flexibility index (Phi) is 1.47. The van der Waals surface area contributed by atoms with Crippen LogP contribution in [0.25, 0.3) is 0 Å². The molecule has 0 aromatic carbocycles. The standard InChI is InChI=1S/C12H20N2/c1-8-2-10(1)11(14-6-8)12-3-9(4-12)5-13-7-12/h8-11,13-14H,1-7H2. The van der Waals surface area contributed by atoms with Crippen molar-refractivity contribution in [1.29, 1.82) is 0 Å². The molecule has 2 nitrogen and oxygen atoms in total. The molecule has 2 saturated carbocycles. The Labute approximate surface area is 85.8 Å². The molecule has 4 bridgehead atoms.